The van der Waals surface area contributed by atoms with Gasteiger partial charge in [0, 0.05) is 28.6 Å². The number of hydrogen-bond donors (Lipinski definition) is 2. The van der Waals surface area contributed by atoms with E-state index in [1.54, 1.807) is 17.3 Å². The molecule has 1 unspecified atom stereocenters. The first kappa shape index (κ1) is 29.0. The Morgan fingerprint density at radius 3 is 2.31 bits per heavy atom. The Kier molecular flexibility index (Phi) is 8.15. The molecule has 2 N–H and O–H groups in total. The van der Waals surface area contributed by atoms with E-state index in [2.05, 4.69) is 4.98 Å². The molecule has 0 radical (unpaired) electrons. The number of Topliss-reactive ketones (excluding diaryl/α,β-unsaturated/α-hetero) is 1. The third kappa shape index (κ3) is 5.53. The summed E-state index contributed by atoms with van der Waals surface area (Å²) in [5, 5.41) is 12.7. The first-order chi connectivity index (χ1) is 20.1. The maximum Gasteiger partial charge on any atom is 0.296 e. The molecule has 4 aromatic rings. The highest BCUT2D eigenvalue weighted by atomic mass is 32.2. The first-order valence-electron chi connectivity index (χ1n) is 13.2. The van der Waals surface area contributed by atoms with Crippen molar-refractivity contribution < 1.29 is 28.3 Å². The predicted molar refractivity (Wildman–Crippen MR) is 158 cm³/mol. The molecule has 1 aliphatic heterocycles. The molecule has 3 aromatic carbocycles. The van der Waals surface area contributed by atoms with Crippen LogP contribution in [0.4, 0.5) is 10.8 Å². The van der Waals surface area contributed by atoms with Gasteiger partial charge in [0.25, 0.3) is 11.6 Å². The van der Waals surface area contributed by atoms with Crippen molar-refractivity contribution >= 4 is 43.7 Å². The number of nitrogens with zero attached hydrogens (tertiary/aromatic N) is 2. The van der Waals surface area contributed by atoms with Gasteiger partial charge in [-0.1, -0.05) is 79.8 Å². The maximum absolute atomic E-state index is 13.6. The Balaban J connectivity index is 1.52. The molecular formula is C31H28N3O6S2+. The van der Waals surface area contributed by atoms with Gasteiger partial charge in [0.15, 0.2) is 16.7 Å². The van der Waals surface area contributed by atoms with Crippen LogP contribution in [0.3, 0.4) is 0 Å². The summed E-state index contributed by atoms with van der Waals surface area (Å²) in [6.45, 7) is 4.10. The lowest BCUT2D eigenvalue weighted by atomic mass is 9.92. The Morgan fingerprint density at radius 2 is 1.69 bits per heavy atom. The van der Waals surface area contributed by atoms with Crippen LogP contribution in [-0.4, -0.2) is 30.2 Å². The monoisotopic (exact) mass is 602 g/mol. The predicted octanol–water partition coefficient (Wildman–Crippen LogP) is 4.68. The topological polar surface area (TPSA) is 136 Å². The Bertz CT molecular complexity index is 1780. The third-order valence-electron chi connectivity index (χ3n) is 7.14. The molecule has 0 saturated carbocycles. The summed E-state index contributed by atoms with van der Waals surface area (Å²) in [4.78, 5) is 43.3. The quantitative estimate of drug-likeness (QED) is 0.269. The molecule has 0 bridgehead atoms. The van der Waals surface area contributed by atoms with E-state index in [1.165, 1.54) is 29.2 Å². The minimum Gasteiger partial charge on any atom is -0.503 e. The number of amides is 1. The van der Waals surface area contributed by atoms with Crippen molar-refractivity contribution in [2.75, 3.05) is 4.90 Å². The minimum atomic E-state index is -4.02. The van der Waals surface area contributed by atoms with Gasteiger partial charge in [-0.2, -0.15) is 0 Å². The van der Waals surface area contributed by atoms with E-state index < -0.39 is 27.5 Å². The zero-order chi connectivity index (χ0) is 30.0. The van der Waals surface area contributed by atoms with Crippen molar-refractivity contribution in [3.8, 4) is 0 Å². The normalized spacial score (nSPS) is 15.5. The zero-order valence-electron chi connectivity index (χ0n) is 22.9. The fourth-order valence-electron chi connectivity index (χ4n) is 4.81. The van der Waals surface area contributed by atoms with Gasteiger partial charge in [-0.05, 0) is 41.2 Å². The number of carbonyl (C=O) groups is 2. The molecule has 214 valence electrons. The van der Waals surface area contributed by atoms with Crippen LogP contribution in [0, 0.1) is 4.91 Å². The van der Waals surface area contributed by atoms with E-state index in [0.717, 1.165) is 28.7 Å². The number of nitrogens with one attached hydrogen (secondary N) is 1. The van der Waals surface area contributed by atoms with Crippen LogP contribution in [0.1, 0.15) is 48.9 Å². The molecule has 2 heterocycles. The van der Waals surface area contributed by atoms with Gasteiger partial charge in [0.2, 0.25) is 9.84 Å². The fourth-order valence-corrected chi connectivity index (χ4v) is 7.35. The Morgan fingerprint density at radius 1 is 1.02 bits per heavy atom. The molecule has 1 amide bonds. The van der Waals surface area contributed by atoms with E-state index in [4.69, 9.17) is 0 Å². The third-order valence-corrected chi connectivity index (χ3v) is 10.4. The lowest BCUT2D eigenvalue weighted by Crippen LogP contribution is -2.55. The number of nitroso groups, excluding NO2 is 1. The Labute approximate surface area is 247 Å². The number of benzene rings is 3. The highest BCUT2D eigenvalue weighted by Crippen LogP contribution is 2.44. The smallest absolute Gasteiger partial charge is 0.296 e. The second-order valence-electron chi connectivity index (χ2n) is 10.2. The van der Waals surface area contributed by atoms with Gasteiger partial charge < -0.3 is 5.11 Å². The molecule has 1 aromatic heterocycles. The summed E-state index contributed by atoms with van der Waals surface area (Å²) in [6, 6.07) is 21.1. The van der Waals surface area contributed by atoms with Crippen LogP contribution in [0.15, 0.2) is 105 Å². The second kappa shape index (κ2) is 11.8. The molecule has 1 aliphatic rings. The van der Waals surface area contributed by atoms with Gasteiger partial charge in [-0.3, -0.25) is 14.5 Å². The van der Waals surface area contributed by atoms with E-state index in [1.807, 2.05) is 56.3 Å². The lowest BCUT2D eigenvalue weighted by molar-refractivity contribution is -0.379. The highest BCUT2D eigenvalue weighted by molar-refractivity contribution is 7.93. The maximum atomic E-state index is 13.6. The summed E-state index contributed by atoms with van der Waals surface area (Å²) >= 11 is 0.758. The van der Waals surface area contributed by atoms with E-state index >= 15 is 0 Å². The number of sulfone groups is 1. The summed E-state index contributed by atoms with van der Waals surface area (Å²) in [7, 11) is -4.02. The summed E-state index contributed by atoms with van der Waals surface area (Å²) in [5.74, 6) is -1.64. The van der Waals surface area contributed by atoms with Crippen molar-refractivity contribution in [3.05, 3.63) is 118 Å². The van der Waals surface area contributed by atoms with Crippen LogP contribution < -0.4 is 10.1 Å². The van der Waals surface area contributed by atoms with Gasteiger partial charge in [-0.25, -0.2) is 13.4 Å². The number of aryl methyl sites for hydroxylation is 1. The number of thiazole rings is 1. The van der Waals surface area contributed by atoms with Crippen LogP contribution >= 0.6 is 11.3 Å². The van der Waals surface area contributed by atoms with Crippen LogP contribution in [-0.2, 0) is 25.8 Å². The van der Waals surface area contributed by atoms with E-state index in [0.29, 0.717) is 12.0 Å². The molecule has 42 heavy (non-hydrogen) atoms. The summed E-state index contributed by atoms with van der Waals surface area (Å²) < 4.78 is 26.5. The average Bonchev–Trinajstić information content (AvgIpc) is 3.60. The van der Waals surface area contributed by atoms with Crippen molar-refractivity contribution in [3.63, 3.8) is 0 Å². The molecule has 0 spiro atoms. The van der Waals surface area contributed by atoms with E-state index in [-0.39, 0.29) is 43.6 Å². The minimum absolute atomic E-state index is 0.0202. The molecule has 11 heteroatoms. The highest BCUT2D eigenvalue weighted by Gasteiger charge is 2.45. The number of ketones is 1. The standard InChI is InChI=1S/C31H27N3O6S2/c1-19(2)21-9-11-22(12-10-21)28-27(25(35)17-8-20-6-4-3-5-7-20)29(36)30(37)34(28)31-32-18-26(41-31)42(39,40)24-15-13-23(33-38)14-16-24/h3-7,9-16,18-19,28,36H,8,17H2,1-2H3/p+1. The van der Waals surface area contributed by atoms with Crippen molar-refractivity contribution in [1.82, 2.24) is 4.98 Å². The summed E-state index contributed by atoms with van der Waals surface area (Å²) in [6.07, 6.45) is 1.63. The number of rotatable bonds is 10. The number of hydrogen-bond acceptors (Lipinski definition) is 8. The lowest BCUT2D eigenvalue weighted by Gasteiger charge is -2.25. The molecule has 0 fully saturated rings. The SMILES string of the molecule is CC(C)c1ccc(C2C(C(=O)CCc3ccccc3)=C(O)C(=O)N2c2ncc(S(=O)(=O)c3ccc([NH+]=O)cc3)s2)cc1. The van der Waals surface area contributed by atoms with Crippen LogP contribution in [0.2, 0.25) is 0 Å². The van der Waals surface area contributed by atoms with Crippen molar-refractivity contribution in [2.24, 2.45) is 0 Å². The largest absolute Gasteiger partial charge is 0.503 e. The van der Waals surface area contributed by atoms with Gasteiger partial charge >= 0.3 is 0 Å². The molecule has 5 rings (SSSR count). The van der Waals surface area contributed by atoms with Crippen molar-refractivity contribution in [1.29, 1.82) is 0 Å². The zero-order valence-corrected chi connectivity index (χ0v) is 24.5. The number of anilines is 1. The molecular weight excluding hydrogens is 574 g/mol. The number of aromatic nitrogens is 1. The Hall–Kier alpha value is -4.48. The second-order valence-corrected chi connectivity index (χ2v) is 13.3. The van der Waals surface area contributed by atoms with Crippen molar-refractivity contribution in [2.45, 2.75) is 47.8 Å². The van der Waals surface area contributed by atoms with Gasteiger partial charge in [0.1, 0.15) is 4.21 Å². The molecule has 9 nitrogen and oxygen atoms in total. The average molecular weight is 603 g/mol. The summed E-state index contributed by atoms with van der Waals surface area (Å²) in [5.41, 5.74) is 2.74. The van der Waals surface area contributed by atoms with Crippen LogP contribution in [0.5, 0.6) is 0 Å². The van der Waals surface area contributed by atoms with Gasteiger partial charge in [-0.15, -0.1) is 0 Å². The fraction of sp³-hybridized carbons (Fsp3) is 0.194. The number of aliphatic hydroxyl groups is 1. The molecule has 1 atom stereocenters. The van der Waals surface area contributed by atoms with E-state index in [9.17, 15) is 28.0 Å². The molecule has 0 saturated heterocycles. The number of carbonyl (C=O) groups excluding carboxylic acids is 2. The van der Waals surface area contributed by atoms with Crippen LogP contribution in [0.25, 0.3) is 0 Å². The number of aliphatic hydroxyl groups excluding tert-OH is 1. The molecule has 0 aliphatic carbocycles. The first-order valence-corrected chi connectivity index (χ1v) is 15.5. The van der Waals surface area contributed by atoms with Gasteiger partial charge in [0.05, 0.1) is 22.7 Å².